The highest BCUT2D eigenvalue weighted by Crippen LogP contribution is 2.42. The molecule has 2 fully saturated rings. The van der Waals surface area contributed by atoms with Gasteiger partial charge in [0.1, 0.15) is 0 Å². The van der Waals surface area contributed by atoms with Gasteiger partial charge in [-0.25, -0.2) is 0 Å². The molecule has 0 radical (unpaired) electrons. The molecule has 2 heterocycles. The lowest BCUT2D eigenvalue weighted by atomic mass is 9.67. The van der Waals surface area contributed by atoms with Crippen molar-refractivity contribution >= 4 is 0 Å². The van der Waals surface area contributed by atoms with E-state index < -0.39 is 0 Å². The van der Waals surface area contributed by atoms with Gasteiger partial charge in [0, 0.05) is 5.54 Å². The molecule has 130 valence electrons. The minimum atomic E-state index is 0.378. The van der Waals surface area contributed by atoms with Gasteiger partial charge in [0.05, 0.1) is 0 Å². The number of hydrogen-bond donors (Lipinski definition) is 1. The third kappa shape index (κ3) is 4.47. The number of likely N-dealkylation sites (tertiary alicyclic amines) is 1. The predicted octanol–water partition coefficient (Wildman–Crippen LogP) is 4.55. The van der Waals surface area contributed by atoms with Crippen molar-refractivity contribution in [2.75, 3.05) is 26.7 Å². The van der Waals surface area contributed by atoms with Crippen molar-refractivity contribution in [1.29, 1.82) is 0 Å². The summed E-state index contributed by atoms with van der Waals surface area (Å²) in [6, 6.07) is 0. The molecule has 22 heavy (non-hydrogen) atoms. The van der Waals surface area contributed by atoms with Gasteiger partial charge in [-0.1, -0.05) is 27.7 Å². The van der Waals surface area contributed by atoms with E-state index in [4.69, 9.17) is 0 Å². The molecule has 2 aliphatic heterocycles. The predicted molar refractivity (Wildman–Crippen MR) is 97.2 cm³/mol. The van der Waals surface area contributed by atoms with Crippen molar-refractivity contribution in [2.45, 2.75) is 78.7 Å². The highest BCUT2D eigenvalue weighted by atomic mass is 15.1. The average Bonchev–Trinajstić information content (AvgIpc) is 2.48. The minimum Gasteiger partial charge on any atom is -0.311 e. The summed E-state index contributed by atoms with van der Waals surface area (Å²) in [5, 5.41) is 3.85. The molecule has 2 aliphatic rings. The Morgan fingerprint density at radius 3 is 2.36 bits per heavy atom. The lowest BCUT2D eigenvalue weighted by Gasteiger charge is -2.45. The molecule has 2 rings (SSSR count). The number of rotatable bonds is 5. The second-order valence-electron chi connectivity index (χ2n) is 9.38. The van der Waals surface area contributed by atoms with Gasteiger partial charge in [-0.05, 0) is 95.3 Å². The average molecular weight is 309 g/mol. The molecule has 1 N–H and O–H groups in total. The van der Waals surface area contributed by atoms with E-state index in [1.54, 1.807) is 0 Å². The SMILES string of the molecule is CC(C)C1CCNC(C)(CCC(C)C2(C)CCN(C)CC2)C1. The van der Waals surface area contributed by atoms with Gasteiger partial charge in [0.15, 0.2) is 0 Å². The lowest BCUT2D eigenvalue weighted by molar-refractivity contribution is 0.0690. The van der Waals surface area contributed by atoms with Crippen LogP contribution in [0.5, 0.6) is 0 Å². The van der Waals surface area contributed by atoms with E-state index in [2.05, 4.69) is 51.9 Å². The van der Waals surface area contributed by atoms with E-state index in [-0.39, 0.29) is 0 Å². The monoisotopic (exact) mass is 308 g/mol. The summed E-state index contributed by atoms with van der Waals surface area (Å²) in [6.07, 6.45) is 8.23. The summed E-state index contributed by atoms with van der Waals surface area (Å²) in [5.74, 6) is 2.60. The standard InChI is InChI=1S/C20H40N2/c1-16(2)18-8-12-21-20(5,15-18)9-7-17(3)19(4)10-13-22(6)14-11-19/h16-18,21H,7-15H2,1-6H3. The molecular weight excluding hydrogens is 268 g/mol. The summed E-state index contributed by atoms with van der Waals surface area (Å²) in [6.45, 7) is 16.1. The van der Waals surface area contributed by atoms with Crippen molar-refractivity contribution in [3.05, 3.63) is 0 Å². The summed E-state index contributed by atoms with van der Waals surface area (Å²) in [4.78, 5) is 2.49. The van der Waals surface area contributed by atoms with Crippen molar-refractivity contribution < 1.29 is 0 Å². The number of piperidine rings is 2. The molecule has 3 unspecified atom stereocenters. The summed E-state index contributed by atoms with van der Waals surface area (Å²) in [7, 11) is 2.27. The number of nitrogens with one attached hydrogen (secondary N) is 1. The Labute approximate surface area is 139 Å². The molecule has 3 atom stereocenters. The van der Waals surface area contributed by atoms with Crippen LogP contribution >= 0.6 is 0 Å². The molecular formula is C20H40N2. The summed E-state index contributed by atoms with van der Waals surface area (Å²) >= 11 is 0. The van der Waals surface area contributed by atoms with E-state index in [1.807, 2.05) is 0 Å². The van der Waals surface area contributed by atoms with Crippen molar-refractivity contribution in [3.8, 4) is 0 Å². The molecule has 0 amide bonds. The van der Waals surface area contributed by atoms with Gasteiger partial charge < -0.3 is 10.2 Å². The largest absolute Gasteiger partial charge is 0.311 e. The maximum absolute atomic E-state index is 3.85. The van der Waals surface area contributed by atoms with E-state index in [0.29, 0.717) is 11.0 Å². The van der Waals surface area contributed by atoms with Crippen LogP contribution in [0.25, 0.3) is 0 Å². The fourth-order valence-electron chi connectivity index (χ4n) is 4.58. The van der Waals surface area contributed by atoms with Gasteiger partial charge in [0.2, 0.25) is 0 Å². The van der Waals surface area contributed by atoms with Crippen LogP contribution in [0.15, 0.2) is 0 Å². The Morgan fingerprint density at radius 2 is 1.77 bits per heavy atom. The van der Waals surface area contributed by atoms with Crippen LogP contribution < -0.4 is 5.32 Å². The first-order valence-electron chi connectivity index (χ1n) is 9.68. The number of nitrogens with zero attached hydrogens (tertiary/aromatic N) is 1. The smallest absolute Gasteiger partial charge is 0.0156 e. The van der Waals surface area contributed by atoms with Gasteiger partial charge in [-0.3, -0.25) is 0 Å². The summed E-state index contributed by atoms with van der Waals surface area (Å²) in [5.41, 5.74) is 0.943. The van der Waals surface area contributed by atoms with E-state index in [9.17, 15) is 0 Å². The lowest BCUT2D eigenvalue weighted by Crippen LogP contribution is -2.50. The van der Waals surface area contributed by atoms with Crippen LogP contribution in [0.3, 0.4) is 0 Å². The molecule has 0 spiro atoms. The minimum absolute atomic E-state index is 0.378. The van der Waals surface area contributed by atoms with E-state index in [0.717, 1.165) is 17.8 Å². The van der Waals surface area contributed by atoms with Crippen LogP contribution in [-0.4, -0.2) is 37.1 Å². The van der Waals surface area contributed by atoms with Crippen LogP contribution in [0, 0.1) is 23.2 Å². The van der Waals surface area contributed by atoms with Crippen LogP contribution in [0.2, 0.25) is 0 Å². The molecule has 0 aliphatic carbocycles. The second-order valence-corrected chi connectivity index (χ2v) is 9.38. The first-order valence-corrected chi connectivity index (χ1v) is 9.68. The molecule has 0 bridgehead atoms. The molecule has 2 nitrogen and oxygen atoms in total. The topological polar surface area (TPSA) is 15.3 Å². The molecule has 0 saturated carbocycles. The molecule has 2 heteroatoms. The zero-order valence-corrected chi connectivity index (χ0v) is 16.0. The maximum Gasteiger partial charge on any atom is 0.0156 e. The first kappa shape index (κ1) is 18.3. The molecule has 0 aromatic heterocycles. The number of hydrogen-bond acceptors (Lipinski definition) is 2. The Hall–Kier alpha value is -0.0800. The Morgan fingerprint density at radius 1 is 1.14 bits per heavy atom. The van der Waals surface area contributed by atoms with Crippen LogP contribution in [0.1, 0.15) is 73.1 Å². The van der Waals surface area contributed by atoms with E-state index >= 15 is 0 Å². The van der Waals surface area contributed by atoms with Crippen LogP contribution in [-0.2, 0) is 0 Å². The zero-order valence-electron chi connectivity index (χ0n) is 16.0. The Balaban J connectivity index is 1.85. The van der Waals surface area contributed by atoms with Crippen molar-refractivity contribution in [3.63, 3.8) is 0 Å². The zero-order chi connectivity index (χ0) is 16.4. The fourth-order valence-corrected chi connectivity index (χ4v) is 4.58. The Kier molecular flexibility index (Phi) is 5.99. The highest BCUT2D eigenvalue weighted by molar-refractivity contribution is 4.93. The quantitative estimate of drug-likeness (QED) is 0.801. The van der Waals surface area contributed by atoms with Gasteiger partial charge in [-0.2, -0.15) is 0 Å². The normalized spacial score (nSPS) is 34.8. The third-order valence-corrected chi connectivity index (χ3v) is 7.17. The van der Waals surface area contributed by atoms with Crippen molar-refractivity contribution in [2.24, 2.45) is 23.2 Å². The maximum atomic E-state index is 3.85. The molecule has 2 saturated heterocycles. The van der Waals surface area contributed by atoms with Gasteiger partial charge in [-0.15, -0.1) is 0 Å². The fraction of sp³-hybridized carbons (Fsp3) is 1.00. The van der Waals surface area contributed by atoms with E-state index in [1.165, 1.54) is 58.2 Å². The highest BCUT2D eigenvalue weighted by Gasteiger charge is 2.37. The Bertz CT molecular complexity index is 344. The molecule has 0 aromatic carbocycles. The third-order valence-electron chi connectivity index (χ3n) is 7.17. The van der Waals surface area contributed by atoms with Gasteiger partial charge >= 0.3 is 0 Å². The van der Waals surface area contributed by atoms with Gasteiger partial charge in [0.25, 0.3) is 0 Å². The summed E-state index contributed by atoms with van der Waals surface area (Å²) < 4.78 is 0. The van der Waals surface area contributed by atoms with Crippen LogP contribution in [0.4, 0.5) is 0 Å². The second kappa shape index (κ2) is 7.21. The van der Waals surface area contributed by atoms with Crippen molar-refractivity contribution in [1.82, 2.24) is 10.2 Å². The molecule has 0 aromatic rings. The first-order chi connectivity index (χ1) is 10.2.